The minimum atomic E-state index is -0.226. The molecule has 0 spiro atoms. The molecule has 2 aromatic carbocycles. The molecule has 0 aliphatic carbocycles. The van der Waals surface area contributed by atoms with E-state index in [2.05, 4.69) is 22.3 Å². The summed E-state index contributed by atoms with van der Waals surface area (Å²) in [7, 11) is 0. The zero-order valence-electron chi connectivity index (χ0n) is 14.8. The van der Waals surface area contributed by atoms with Crippen molar-refractivity contribution in [2.75, 3.05) is 31.2 Å². The van der Waals surface area contributed by atoms with Gasteiger partial charge in [0.1, 0.15) is 4.88 Å². The molecule has 1 fully saturated rings. The van der Waals surface area contributed by atoms with Crippen LogP contribution in [0.2, 0.25) is 15.1 Å². The monoisotopic (exact) mass is 454 g/mol. The molecular weight excluding hydrogens is 439 g/mol. The Balaban J connectivity index is 1.45. The number of hydrogen-bond donors (Lipinski definition) is 1. The molecule has 0 atom stereocenters. The summed E-state index contributed by atoms with van der Waals surface area (Å²) in [5, 5.41) is 4.92. The van der Waals surface area contributed by atoms with Gasteiger partial charge in [-0.05, 0) is 29.8 Å². The van der Waals surface area contributed by atoms with Crippen LogP contribution in [0.4, 0.5) is 5.69 Å². The second-order valence-corrected chi connectivity index (χ2v) is 8.73. The van der Waals surface area contributed by atoms with Crippen molar-refractivity contribution in [1.29, 1.82) is 0 Å². The van der Waals surface area contributed by atoms with Gasteiger partial charge in [-0.1, -0.05) is 46.9 Å². The number of amides is 1. The van der Waals surface area contributed by atoms with E-state index in [1.54, 1.807) is 12.1 Å². The van der Waals surface area contributed by atoms with Crippen molar-refractivity contribution < 1.29 is 9.53 Å². The fraction of sp³-hybridized carbons (Fsp3) is 0.250. The summed E-state index contributed by atoms with van der Waals surface area (Å²) in [5.41, 5.74) is 2.18. The van der Waals surface area contributed by atoms with Gasteiger partial charge in [0.15, 0.2) is 0 Å². The zero-order chi connectivity index (χ0) is 19.7. The molecule has 0 radical (unpaired) electrons. The Bertz CT molecular complexity index is 1010. The lowest BCUT2D eigenvalue weighted by molar-refractivity contribution is 0.0955. The minimum Gasteiger partial charge on any atom is -0.378 e. The Morgan fingerprint density at radius 3 is 2.54 bits per heavy atom. The van der Waals surface area contributed by atoms with Gasteiger partial charge in [-0.25, -0.2) is 0 Å². The quantitative estimate of drug-likeness (QED) is 0.554. The van der Waals surface area contributed by atoms with Gasteiger partial charge < -0.3 is 15.0 Å². The summed E-state index contributed by atoms with van der Waals surface area (Å²) >= 11 is 20.0. The zero-order valence-corrected chi connectivity index (χ0v) is 17.9. The van der Waals surface area contributed by atoms with Crippen LogP contribution < -0.4 is 10.2 Å². The third-order valence-electron chi connectivity index (χ3n) is 4.62. The number of nitrogens with zero attached hydrogens (tertiary/aromatic N) is 1. The van der Waals surface area contributed by atoms with E-state index in [1.165, 1.54) is 11.3 Å². The smallest absolute Gasteiger partial charge is 0.263 e. The summed E-state index contributed by atoms with van der Waals surface area (Å²) in [6.45, 7) is 3.72. The predicted octanol–water partition coefficient (Wildman–Crippen LogP) is 5.63. The van der Waals surface area contributed by atoms with Gasteiger partial charge in [0.25, 0.3) is 5.91 Å². The number of morpholine rings is 1. The molecular formula is C20H17Cl3N2O2S. The predicted molar refractivity (Wildman–Crippen MR) is 117 cm³/mol. The van der Waals surface area contributed by atoms with Crippen molar-refractivity contribution in [1.82, 2.24) is 5.32 Å². The first-order valence-electron chi connectivity index (χ1n) is 8.80. The Hall–Kier alpha value is -1.50. The first-order valence-corrected chi connectivity index (χ1v) is 10.7. The highest BCUT2D eigenvalue weighted by atomic mass is 35.5. The molecule has 4 nitrogen and oxygen atoms in total. The lowest BCUT2D eigenvalue weighted by atomic mass is 10.2. The van der Waals surface area contributed by atoms with Crippen LogP contribution in [-0.4, -0.2) is 32.2 Å². The van der Waals surface area contributed by atoms with Gasteiger partial charge in [-0.15, -0.1) is 11.3 Å². The van der Waals surface area contributed by atoms with E-state index in [9.17, 15) is 4.79 Å². The SMILES string of the molecule is O=C(NCc1ccc(N2CCOCC2)cc1)c1sc2cc(Cl)cc(Cl)c2c1Cl. The van der Waals surface area contributed by atoms with E-state index in [-0.39, 0.29) is 5.91 Å². The number of thiophene rings is 1. The van der Waals surface area contributed by atoms with Crippen LogP contribution in [0.5, 0.6) is 0 Å². The Kier molecular flexibility index (Phi) is 5.99. The van der Waals surface area contributed by atoms with Crippen LogP contribution in [0.25, 0.3) is 10.1 Å². The van der Waals surface area contributed by atoms with Crippen LogP contribution in [0.1, 0.15) is 15.2 Å². The van der Waals surface area contributed by atoms with Gasteiger partial charge in [0.05, 0.1) is 23.3 Å². The van der Waals surface area contributed by atoms with Gasteiger partial charge in [0, 0.05) is 40.4 Å². The molecule has 3 aromatic rings. The second kappa shape index (κ2) is 8.47. The standard InChI is InChI=1S/C20H17Cl3N2O2S/c21-13-9-15(22)17-16(10-13)28-19(18(17)23)20(26)24-11-12-1-3-14(4-2-12)25-5-7-27-8-6-25/h1-4,9-10H,5-8,11H2,(H,24,26). The van der Waals surface area contributed by atoms with Crippen LogP contribution in [0, 0.1) is 0 Å². The molecule has 1 amide bonds. The van der Waals surface area contributed by atoms with E-state index in [4.69, 9.17) is 39.5 Å². The van der Waals surface area contributed by atoms with Crippen LogP contribution in [0.15, 0.2) is 36.4 Å². The number of fused-ring (bicyclic) bond motifs is 1. The Morgan fingerprint density at radius 1 is 1.11 bits per heavy atom. The highest BCUT2D eigenvalue weighted by Crippen LogP contribution is 2.41. The number of ether oxygens (including phenoxy) is 1. The summed E-state index contributed by atoms with van der Waals surface area (Å²) in [5.74, 6) is -0.226. The van der Waals surface area contributed by atoms with E-state index in [0.29, 0.717) is 31.9 Å². The lowest BCUT2D eigenvalue weighted by Crippen LogP contribution is -2.36. The average molecular weight is 456 g/mol. The maximum Gasteiger partial charge on any atom is 0.263 e. The molecule has 1 aliphatic rings. The third kappa shape index (κ3) is 4.09. The van der Waals surface area contributed by atoms with Crippen LogP contribution in [-0.2, 0) is 11.3 Å². The van der Waals surface area contributed by atoms with Crippen LogP contribution >= 0.6 is 46.1 Å². The Morgan fingerprint density at radius 2 is 1.82 bits per heavy atom. The lowest BCUT2D eigenvalue weighted by Gasteiger charge is -2.28. The highest BCUT2D eigenvalue weighted by molar-refractivity contribution is 7.21. The molecule has 8 heteroatoms. The molecule has 1 aliphatic heterocycles. The number of anilines is 1. The van der Waals surface area contributed by atoms with Gasteiger partial charge in [-0.2, -0.15) is 0 Å². The van der Waals surface area contributed by atoms with Crippen LogP contribution in [0.3, 0.4) is 0 Å². The maximum absolute atomic E-state index is 12.6. The number of hydrogen-bond acceptors (Lipinski definition) is 4. The fourth-order valence-electron chi connectivity index (χ4n) is 3.17. The van der Waals surface area contributed by atoms with E-state index < -0.39 is 0 Å². The molecule has 0 unspecified atom stereocenters. The summed E-state index contributed by atoms with van der Waals surface area (Å²) in [6.07, 6.45) is 0. The molecule has 1 N–H and O–H groups in total. The number of halogens is 3. The topological polar surface area (TPSA) is 41.6 Å². The molecule has 1 saturated heterocycles. The van der Waals surface area contributed by atoms with Gasteiger partial charge >= 0.3 is 0 Å². The van der Waals surface area contributed by atoms with Crippen molar-refractivity contribution >= 4 is 67.8 Å². The molecule has 28 heavy (non-hydrogen) atoms. The number of rotatable bonds is 4. The van der Waals surface area contributed by atoms with Crippen molar-refractivity contribution in [2.24, 2.45) is 0 Å². The second-order valence-electron chi connectivity index (χ2n) is 6.45. The van der Waals surface area contributed by atoms with Gasteiger partial charge in [0.2, 0.25) is 0 Å². The fourth-order valence-corrected chi connectivity index (χ4v) is 5.46. The van der Waals surface area contributed by atoms with Crippen molar-refractivity contribution in [3.8, 4) is 0 Å². The molecule has 2 heterocycles. The molecule has 0 saturated carbocycles. The van der Waals surface area contributed by atoms with Crippen molar-refractivity contribution in [3.63, 3.8) is 0 Å². The minimum absolute atomic E-state index is 0.226. The van der Waals surface area contributed by atoms with E-state index >= 15 is 0 Å². The first-order chi connectivity index (χ1) is 13.5. The largest absolute Gasteiger partial charge is 0.378 e. The van der Waals surface area contributed by atoms with E-state index in [0.717, 1.165) is 42.3 Å². The summed E-state index contributed by atoms with van der Waals surface area (Å²) < 4.78 is 6.18. The van der Waals surface area contributed by atoms with Gasteiger partial charge in [-0.3, -0.25) is 4.79 Å². The Labute approximate surface area is 181 Å². The first kappa shape index (κ1) is 19.8. The molecule has 146 valence electrons. The third-order valence-corrected chi connectivity index (χ3v) is 6.76. The summed E-state index contributed by atoms with van der Waals surface area (Å²) in [6, 6.07) is 11.6. The maximum atomic E-state index is 12.6. The van der Waals surface area contributed by atoms with Crippen molar-refractivity contribution in [2.45, 2.75) is 6.54 Å². The number of benzene rings is 2. The molecule has 4 rings (SSSR count). The number of carbonyl (C=O) groups is 1. The number of nitrogens with one attached hydrogen (secondary N) is 1. The molecule has 0 bridgehead atoms. The average Bonchev–Trinajstić information content (AvgIpc) is 3.03. The van der Waals surface area contributed by atoms with E-state index in [1.807, 2.05) is 12.1 Å². The van der Waals surface area contributed by atoms with Crippen molar-refractivity contribution in [3.05, 3.63) is 61.9 Å². The molecule has 1 aromatic heterocycles. The highest BCUT2D eigenvalue weighted by Gasteiger charge is 2.19. The normalized spacial score (nSPS) is 14.5. The number of carbonyl (C=O) groups excluding carboxylic acids is 1. The summed E-state index contributed by atoms with van der Waals surface area (Å²) in [4.78, 5) is 15.4.